The van der Waals surface area contributed by atoms with Gasteiger partial charge in [-0.2, -0.15) is 0 Å². The van der Waals surface area contributed by atoms with Gasteiger partial charge in [0, 0.05) is 0 Å². The first-order chi connectivity index (χ1) is 9.52. The van der Waals surface area contributed by atoms with Crippen molar-refractivity contribution in [1.29, 1.82) is 0 Å². The van der Waals surface area contributed by atoms with E-state index in [1.54, 1.807) is 0 Å². The zero-order valence-corrected chi connectivity index (χ0v) is 11.0. The van der Waals surface area contributed by atoms with Gasteiger partial charge in [0.15, 0.2) is 0 Å². The van der Waals surface area contributed by atoms with E-state index >= 15 is 0 Å². The number of carbonyl (C=O) groups excluding carboxylic acids is 3. The Balaban J connectivity index is 2.24. The number of thioether (sulfide) groups is 1. The Labute approximate surface area is 119 Å². The molecule has 1 aromatic carbocycles. The molecule has 2 rings (SSSR count). The fraction of sp³-hybridized carbons (Fsp3) is 0.0714. The van der Waals surface area contributed by atoms with E-state index in [0.29, 0.717) is 5.56 Å². The highest BCUT2D eigenvalue weighted by molar-refractivity contribution is 8.18. The van der Waals surface area contributed by atoms with E-state index in [0.717, 1.165) is 16.7 Å². The highest BCUT2D eigenvalue weighted by Crippen LogP contribution is 2.31. The normalized spacial score (nSPS) is 16.6. The summed E-state index contributed by atoms with van der Waals surface area (Å²) < 4.78 is 0. The molecule has 1 aromatic rings. The van der Waals surface area contributed by atoms with Crippen LogP contribution in [0.4, 0.5) is 4.79 Å². The van der Waals surface area contributed by atoms with Crippen molar-refractivity contribution in [2.75, 3.05) is 6.54 Å². The molecule has 0 unspecified atom stereocenters. The fourth-order valence-corrected chi connectivity index (χ4v) is 2.43. The quantitative estimate of drug-likeness (QED) is 0.604. The third kappa shape index (κ3) is 2.73. The van der Waals surface area contributed by atoms with Crippen molar-refractivity contribution in [3.8, 4) is 12.3 Å². The minimum Gasteiger partial charge on any atom is -0.545 e. The monoisotopic (exact) mass is 286 g/mol. The summed E-state index contributed by atoms with van der Waals surface area (Å²) in [6.45, 7) is -0.0639. The molecule has 0 aliphatic carbocycles. The van der Waals surface area contributed by atoms with E-state index in [-0.39, 0.29) is 17.0 Å². The van der Waals surface area contributed by atoms with Gasteiger partial charge in [-0.05, 0) is 29.0 Å². The van der Waals surface area contributed by atoms with Gasteiger partial charge in [0.25, 0.3) is 11.1 Å². The molecule has 1 aliphatic heterocycles. The molecule has 2 amide bonds. The number of carboxylic acids is 1. The van der Waals surface area contributed by atoms with Crippen molar-refractivity contribution in [3.63, 3.8) is 0 Å². The van der Waals surface area contributed by atoms with E-state index in [1.165, 1.54) is 30.3 Å². The zero-order valence-electron chi connectivity index (χ0n) is 10.2. The summed E-state index contributed by atoms with van der Waals surface area (Å²) >= 11 is 0.801. The second-order valence-electron chi connectivity index (χ2n) is 3.88. The molecular formula is C14H8NO4S-. The summed E-state index contributed by atoms with van der Waals surface area (Å²) in [4.78, 5) is 35.3. The van der Waals surface area contributed by atoms with Crippen LogP contribution < -0.4 is 5.11 Å². The lowest BCUT2D eigenvalue weighted by Gasteiger charge is -2.06. The van der Waals surface area contributed by atoms with Crippen LogP contribution in [0.25, 0.3) is 6.08 Å². The molecule has 0 radical (unpaired) electrons. The Morgan fingerprint density at radius 3 is 2.55 bits per heavy atom. The Bertz CT molecular complexity index is 655. The van der Waals surface area contributed by atoms with Crippen LogP contribution in [-0.4, -0.2) is 28.6 Å². The lowest BCUT2D eigenvalue weighted by molar-refractivity contribution is -0.255. The highest BCUT2D eigenvalue weighted by Gasteiger charge is 2.34. The maximum atomic E-state index is 11.9. The molecule has 1 saturated heterocycles. The number of hydrogen-bond acceptors (Lipinski definition) is 5. The van der Waals surface area contributed by atoms with E-state index in [2.05, 4.69) is 5.92 Å². The number of terminal acetylenes is 1. The van der Waals surface area contributed by atoms with Gasteiger partial charge in [-0.1, -0.05) is 30.2 Å². The lowest BCUT2D eigenvalue weighted by atomic mass is 10.1. The average Bonchev–Trinajstić information content (AvgIpc) is 2.67. The molecule has 0 saturated carbocycles. The minimum absolute atomic E-state index is 0.0441. The molecule has 0 spiro atoms. The second kappa shape index (κ2) is 5.63. The SMILES string of the molecule is C#CCN1C(=O)S/C(=C/c2ccc(C(=O)[O-])cc2)C1=O. The first kappa shape index (κ1) is 13.9. The number of imide groups is 1. The molecular weight excluding hydrogens is 278 g/mol. The van der Waals surface area contributed by atoms with Crippen molar-refractivity contribution < 1.29 is 19.5 Å². The van der Waals surface area contributed by atoms with Crippen LogP contribution in [0.5, 0.6) is 0 Å². The lowest BCUT2D eigenvalue weighted by Crippen LogP contribution is -2.28. The average molecular weight is 286 g/mol. The topological polar surface area (TPSA) is 77.5 Å². The van der Waals surface area contributed by atoms with Crippen molar-refractivity contribution >= 4 is 35.0 Å². The summed E-state index contributed by atoms with van der Waals surface area (Å²) in [6.07, 6.45) is 6.60. The minimum atomic E-state index is -1.27. The van der Waals surface area contributed by atoms with Crippen molar-refractivity contribution in [2.45, 2.75) is 0 Å². The van der Waals surface area contributed by atoms with Crippen LogP contribution in [0, 0.1) is 12.3 Å². The predicted octanol–water partition coefficient (Wildman–Crippen LogP) is 0.720. The molecule has 1 fully saturated rings. The van der Waals surface area contributed by atoms with E-state index in [9.17, 15) is 19.5 Å². The van der Waals surface area contributed by atoms with Crippen LogP contribution >= 0.6 is 11.8 Å². The highest BCUT2D eigenvalue weighted by atomic mass is 32.2. The summed E-state index contributed by atoms with van der Waals surface area (Å²) in [6, 6.07) is 5.79. The maximum Gasteiger partial charge on any atom is 0.294 e. The second-order valence-corrected chi connectivity index (χ2v) is 4.87. The Kier molecular flexibility index (Phi) is 3.91. The van der Waals surface area contributed by atoms with Gasteiger partial charge in [-0.3, -0.25) is 14.5 Å². The summed E-state index contributed by atoms with van der Waals surface area (Å²) in [5.41, 5.74) is 0.656. The predicted molar refractivity (Wildman–Crippen MR) is 72.3 cm³/mol. The third-order valence-electron chi connectivity index (χ3n) is 2.57. The summed E-state index contributed by atoms with van der Waals surface area (Å²) in [5.74, 6) is 0.531. The summed E-state index contributed by atoms with van der Waals surface area (Å²) in [7, 11) is 0. The molecule has 20 heavy (non-hydrogen) atoms. The van der Waals surface area contributed by atoms with Crippen LogP contribution in [0.15, 0.2) is 29.2 Å². The largest absolute Gasteiger partial charge is 0.545 e. The van der Waals surface area contributed by atoms with Crippen molar-refractivity contribution in [3.05, 3.63) is 40.3 Å². The van der Waals surface area contributed by atoms with Crippen LogP contribution in [0.3, 0.4) is 0 Å². The van der Waals surface area contributed by atoms with Gasteiger partial charge in [0.05, 0.1) is 17.4 Å². The molecule has 1 aliphatic rings. The molecule has 5 nitrogen and oxygen atoms in total. The van der Waals surface area contributed by atoms with Gasteiger partial charge in [-0.15, -0.1) is 6.42 Å². The van der Waals surface area contributed by atoms with Crippen LogP contribution in [-0.2, 0) is 4.79 Å². The number of carbonyl (C=O) groups is 3. The Hall–Kier alpha value is -2.52. The van der Waals surface area contributed by atoms with Crippen LogP contribution in [0.1, 0.15) is 15.9 Å². The van der Waals surface area contributed by atoms with E-state index < -0.39 is 17.1 Å². The summed E-state index contributed by atoms with van der Waals surface area (Å²) in [5, 5.41) is 10.2. The molecule has 0 aromatic heterocycles. The molecule has 0 bridgehead atoms. The Morgan fingerprint density at radius 1 is 1.35 bits per heavy atom. The number of carboxylic acid groups (broad SMARTS) is 1. The van der Waals surface area contributed by atoms with Gasteiger partial charge in [0.2, 0.25) is 0 Å². The standard InChI is InChI=1S/C14H9NO4S/c1-2-7-15-12(16)11(20-14(15)19)8-9-3-5-10(6-4-9)13(17)18/h1,3-6,8H,7H2,(H,17,18)/p-1/b11-8+. The number of aromatic carboxylic acids is 1. The van der Waals surface area contributed by atoms with Crippen molar-refractivity contribution in [1.82, 2.24) is 4.90 Å². The van der Waals surface area contributed by atoms with Crippen LogP contribution in [0.2, 0.25) is 0 Å². The molecule has 6 heteroatoms. The molecule has 0 N–H and O–H groups in total. The van der Waals surface area contributed by atoms with E-state index in [4.69, 9.17) is 6.42 Å². The molecule has 1 heterocycles. The van der Waals surface area contributed by atoms with Gasteiger partial charge in [-0.25, -0.2) is 0 Å². The number of amides is 2. The zero-order chi connectivity index (χ0) is 14.7. The Morgan fingerprint density at radius 2 is 2.00 bits per heavy atom. The van der Waals surface area contributed by atoms with E-state index in [1.807, 2.05) is 0 Å². The smallest absolute Gasteiger partial charge is 0.294 e. The number of hydrogen-bond donors (Lipinski definition) is 0. The van der Waals surface area contributed by atoms with Gasteiger partial charge >= 0.3 is 0 Å². The molecule has 100 valence electrons. The first-order valence-corrected chi connectivity index (χ1v) is 6.35. The van der Waals surface area contributed by atoms with Gasteiger partial charge in [0.1, 0.15) is 0 Å². The fourth-order valence-electron chi connectivity index (χ4n) is 1.59. The van der Waals surface area contributed by atoms with Gasteiger partial charge < -0.3 is 9.90 Å². The third-order valence-corrected chi connectivity index (χ3v) is 3.47. The first-order valence-electron chi connectivity index (χ1n) is 5.53. The maximum absolute atomic E-state index is 11.9. The molecule has 0 atom stereocenters. The van der Waals surface area contributed by atoms with Crippen molar-refractivity contribution in [2.24, 2.45) is 0 Å². The number of nitrogens with zero attached hydrogens (tertiary/aromatic N) is 1. The number of rotatable bonds is 3. The number of benzene rings is 1.